The number of carbonyl (C=O) groups is 2. The van der Waals surface area contributed by atoms with Gasteiger partial charge in [-0.05, 0) is 17.5 Å². The van der Waals surface area contributed by atoms with E-state index in [-0.39, 0.29) is 6.54 Å². The van der Waals surface area contributed by atoms with E-state index in [0.717, 1.165) is 16.0 Å². The van der Waals surface area contributed by atoms with Crippen molar-refractivity contribution in [3.05, 3.63) is 35.4 Å². The largest absolute Gasteiger partial charge is 0.481 e. The molecule has 0 bridgehead atoms. The zero-order chi connectivity index (χ0) is 16.8. The van der Waals surface area contributed by atoms with Gasteiger partial charge in [0.1, 0.15) is 0 Å². The first-order chi connectivity index (χ1) is 10.7. The Labute approximate surface area is 130 Å². The van der Waals surface area contributed by atoms with Crippen LogP contribution in [0.2, 0.25) is 0 Å². The Morgan fingerprint density at radius 1 is 1.09 bits per heavy atom. The van der Waals surface area contributed by atoms with Crippen molar-refractivity contribution in [3.8, 4) is 0 Å². The third-order valence-corrected chi connectivity index (χ3v) is 4.60. The van der Waals surface area contributed by atoms with Crippen molar-refractivity contribution < 1.29 is 27.9 Å². The zero-order valence-corrected chi connectivity index (χ0v) is 12.1. The monoisotopic (exact) mass is 328 g/mol. The van der Waals surface area contributed by atoms with Crippen LogP contribution in [0.15, 0.2) is 24.3 Å². The molecule has 0 saturated carbocycles. The van der Waals surface area contributed by atoms with Gasteiger partial charge in [-0.25, -0.2) is 4.79 Å². The van der Waals surface area contributed by atoms with Crippen molar-refractivity contribution in [3.63, 3.8) is 0 Å². The van der Waals surface area contributed by atoms with Crippen LogP contribution in [0.25, 0.3) is 0 Å². The minimum absolute atomic E-state index is 0.211. The number of aliphatic carboxylic acids is 1. The van der Waals surface area contributed by atoms with Crippen molar-refractivity contribution in [2.75, 3.05) is 13.1 Å². The maximum Gasteiger partial charge on any atom is 0.406 e. The average Bonchev–Trinajstić information content (AvgIpc) is 3.10. The number of carboxylic acids is 1. The zero-order valence-electron chi connectivity index (χ0n) is 12.1. The number of halogens is 3. The Balaban J connectivity index is 1.75. The van der Waals surface area contributed by atoms with Crippen LogP contribution in [0.3, 0.4) is 0 Å². The van der Waals surface area contributed by atoms with Gasteiger partial charge in [-0.3, -0.25) is 4.79 Å². The lowest BCUT2D eigenvalue weighted by Gasteiger charge is -2.28. The number of carbonyl (C=O) groups excluding carboxylic acids is 1. The van der Waals surface area contributed by atoms with Crippen molar-refractivity contribution in [2.45, 2.75) is 25.7 Å². The highest BCUT2D eigenvalue weighted by Crippen LogP contribution is 2.46. The Morgan fingerprint density at radius 3 is 2.09 bits per heavy atom. The molecule has 0 radical (unpaired) electrons. The summed E-state index contributed by atoms with van der Waals surface area (Å²) >= 11 is 0. The van der Waals surface area contributed by atoms with E-state index in [1.54, 1.807) is 0 Å². The molecule has 5 nitrogen and oxygen atoms in total. The van der Waals surface area contributed by atoms with Crippen LogP contribution in [-0.4, -0.2) is 46.2 Å². The topological polar surface area (TPSA) is 60.9 Å². The minimum Gasteiger partial charge on any atom is -0.481 e. The van der Waals surface area contributed by atoms with Gasteiger partial charge in [0.05, 0.1) is 0 Å². The Hall–Kier alpha value is -2.25. The maximum absolute atomic E-state index is 13.2. The first-order valence-corrected chi connectivity index (χ1v) is 7.15. The molecule has 1 unspecified atom stereocenters. The fourth-order valence-electron chi connectivity index (χ4n) is 3.17. The summed E-state index contributed by atoms with van der Waals surface area (Å²) in [4.78, 5) is 26.0. The van der Waals surface area contributed by atoms with Crippen LogP contribution < -0.4 is 0 Å². The predicted octanol–water partition coefficient (Wildman–Crippen LogP) is 2.46. The number of amides is 2. The van der Waals surface area contributed by atoms with Gasteiger partial charge in [-0.1, -0.05) is 24.3 Å². The summed E-state index contributed by atoms with van der Waals surface area (Å²) in [7, 11) is 0. The highest BCUT2D eigenvalue weighted by molar-refractivity contribution is 5.81. The van der Waals surface area contributed by atoms with E-state index in [0.29, 0.717) is 13.1 Å². The van der Waals surface area contributed by atoms with Crippen molar-refractivity contribution in [1.82, 2.24) is 9.80 Å². The number of fused-ring (bicyclic) bond motifs is 1. The molecule has 2 aliphatic rings. The molecule has 3 rings (SSSR count). The molecule has 1 N–H and O–H groups in total. The summed E-state index contributed by atoms with van der Waals surface area (Å²) in [5.74, 6) is -1.93. The van der Waals surface area contributed by atoms with E-state index in [2.05, 4.69) is 0 Å². The number of hydrogen-bond acceptors (Lipinski definition) is 2. The van der Waals surface area contributed by atoms with Crippen molar-refractivity contribution in [2.24, 2.45) is 5.41 Å². The maximum atomic E-state index is 13.2. The molecule has 0 spiro atoms. The number of nitrogens with zero attached hydrogens (tertiary/aromatic N) is 2. The van der Waals surface area contributed by atoms with Gasteiger partial charge in [0.25, 0.3) is 0 Å². The first kappa shape index (κ1) is 15.6. The molecular weight excluding hydrogens is 313 g/mol. The summed E-state index contributed by atoms with van der Waals surface area (Å²) in [6, 6.07) is 6.85. The van der Waals surface area contributed by atoms with Crippen LogP contribution in [-0.2, 0) is 17.9 Å². The molecule has 2 aliphatic heterocycles. The summed E-state index contributed by atoms with van der Waals surface area (Å²) in [5, 5.41) is 9.03. The smallest absolute Gasteiger partial charge is 0.406 e. The molecule has 0 aliphatic carbocycles. The first-order valence-electron chi connectivity index (χ1n) is 7.15. The molecule has 23 heavy (non-hydrogen) atoms. The molecular formula is C15H15F3N2O3. The SMILES string of the molecule is O=C(N1Cc2ccccc2C1)N1CCC(C(=O)O)(C(F)(F)F)C1. The van der Waals surface area contributed by atoms with Gasteiger partial charge in [0, 0.05) is 26.2 Å². The van der Waals surface area contributed by atoms with Crippen LogP contribution in [0.4, 0.5) is 18.0 Å². The number of hydrogen-bond donors (Lipinski definition) is 1. The molecule has 2 amide bonds. The lowest BCUT2D eigenvalue weighted by atomic mass is 9.86. The molecule has 0 aromatic heterocycles. The second-order valence-electron chi connectivity index (χ2n) is 5.96. The number of rotatable bonds is 1. The quantitative estimate of drug-likeness (QED) is 0.861. The molecule has 1 aromatic carbocycles. The lowest BCUT2D eigenvalue weighted by Crippen LogP contribution is -2.49. The van der Waals surface area contributed by atoms with Gasteiger partial charge in [0.2, 0.25) is 0 Å². The highest BCUT2D eigenvalue weighted by atomic mass is 19.4. The van der Waals surface area contributed by atoms with E-state index < -0.39 is 36.6 Å². The van der Waals surface area contributed by atoms with Gasteiger partial charge in [-0.15, -0.1) is 0 Å². The molecule has 1 aromatic rings. The lowest BCUT2D eigenvalue weighted by molar-refractivity contribution is -0.227. The van der Waals surface area contributed by atoms with Crippen LogP contribution in [0.5, 0.6) is 0 Å². The van der Waals surface area contributed by atoms with Gasteiger partial charge >= 0.3 is 18.2 Å². The molecule has 1 fully saturated rings. The van der Waals surface area contributed by atoms with Crippen molar-refractivity contribution >= 4 is 12.0 Å². The molecule has 1 atom stereocenters. The second kappa shape index (κ2) is 5.14. The van der Waals surface area contributed by atoms with Gasteiger partial charge in [-0.2, -0.15) is 13.2 Å². The molecule has 1 saturated heterocycles. The summed E-state index contributed by atoms with van der Waals surface area (Å²) in [6.07, 6.45) is -5.50. The normalized spacial score (nSPS) is 24.0. The van der Waals surface area contributed by atoms with E-state index in [9.17, 15) is 22.8 Å². The minimum atomic E-state index is -4.89. The number of urea groups is 1. The van der Waals surface area contributed by atoms with E-state index in [4.69, 9.17) is 5.11 Å². The Bertz CT molecular complexity index is 637. The number of likely N-dealkylation sites (tertiary alicyclic amines) is 1. The van der Waals surface area contributed by atoms with E-state index in [1.165, 1.54) is 4.90 Å². The van der Waals surface area contributed by atoms with E-state index in [1.807, 2.05) is 24.3 Å². The summed E-state index contributed by atoms with van der Waals surface area (Å²) < 4.78 is 39.5. The Morgan fingerprint density at radius 2 is 1.65 bits per heavy atom. The van der Waals surface area contributed by atoms with Gasteiger partial charge in [0.15, 0.2) is 5.41 Å². The highest BCUT2D eigenvalue weighted by Gasteiger charge is 2.64. The van der Waals surface area contributed by atoms with E-state index >= 15 is 0 Å². The average molecular weight is 328 g/mol. The molecule has 2 heterocycles. The van der Waals surface area contributed by atoms with Crippen LogP contribution in [0.1, 0.15) is 17.5 Å². The van der Waals surface area contributed by atoms with Gasteiger partial charge < -0.3 is 14.9 Å². The molecule has 8 heteroatoms. The standard InChI is InChI=1S/C15H15F3N2O3/c16-15(17,18)14(12(21)22)5-6-19(9-14)13(23)20-7-10-3-1-2-4-11(10)8-20/h1-4H,5-9H2,(H,21,22). The summed E-state index contributed by atoms with van der Waals surface area (Å²) in [6.45, 7) is -0.385. The number of benzene rings is 1. The van der Waals surface area contributed by atoms with Crippen LogP contribution in [0, 0.1) is 5.41 Å². The number of alkyl halides is 3. The predicted molar refractivity (Wildman–Crippen MR) is 73.4 cm³/mol. The fourth-order valence-corrected chi connectivity index (χ4v) is 3.17. The fraction of sp³-hybridized carbons (Fsp3) is 0.467. The van der Waals surface area contributed by atoms with Crippen molar-refractivity contribution in [1.29, 1.82) is 0 Å². The van der Waals surface area contributed by atoms with Crippen LogP contribution >= 0.6 is 0 Å². The third kappa shape index (κ3) is 2.42. The Kier molecular flexibility index (Phi) is 3.50. The third-order valence-electron chi connectivity index (χ3n) is 4.60. The second-order valence-corrected chi connectivity index (χ2v) is 5.96. The number of carboxylic acid groups (broad SMARTS) is 1. The summed E-state index contributed by atoms with van der Waals surface area (Å²) in [5.41, 5.74) is -0.948. The molecule has 124 valence electrons.